The van der Waals surface area contributed by atoms with Crippen molar-refractivity contribution in [1.29, 1.82) is 0 Å². The number of benzene rings is 1. The molecular weight excluding hydrogens is 329 g/mol. The molecule has 0 aliphatic heterocycles. The molecule has 1 rings (SSSR count). The van der Waals surface area contributed by atoms with Gasteiger partial charge in [-0.2, -0.15) is 0 Å². The fraction of sp³-hybridized carbons (Fsp3) is 0.385. The molecule has 16 heavy (non-hydrogen) atoms. The minimum Gasteiger partial charge on any atom is -1.00 e. The molecular formula is C13H18BrNSe. The Morgan fingerprint density at radius 1 is 1.25 bits per heavy atom. The molecule has 0 saturated heterocycles. The Morgan fingerprint density at radius 2 is 1.88 bits per heavy atom. The number of nitrogens with zero attached hydrogens (tertiary/aromatic N) is 1. The van der Waals surface area contributed by atoms with E-state index in [1.807, 2.05) is 0 Å². The molecule has 1 aromatic rings. The quantitative estimate of drug-likeness (QED) is 0.331. The summed E-state index contributed by atoms with van der Waals surface area (Å²) in [6.07, 6.45) is 6.16. The van der Waals surface area contributed by atoms with Gasteiger partial charge >= 0.3 is 99.1 Å². The Labute approximate surface area is 116 Å². The number of hydrogen-bond acceptors (Lipinski definition) is 0. The average molecular weight is 347 g/mol. The van der Waals surface area contributed by atoms with Crippen LogP contribution < -0.4 is 21.4 Å². The summed E-state index contributed by atoms with van der Waals surface area (Å²) >= 11 is 0.555. The van der Waals surface area contributed by atoms with E-state index in [2.05, 4.69) is 50.3 Å². The zero-order chi connectivity index (χ0) is 11.1. The normalized spacial score (nSPS) is 10.3. The fourth-order valence-electron chi connectivity index (χ4n) is 1.20. The minimum absolute atomic E-state index is 0. The van der Waals surface area contributed by atoms with E-state index in [9.17, 15) is 0 Å². The van der Waals surface area contributed by atoms with Gasteiger partial charge in [0.1, 0.15) is 0 Å². The van der Waals surface area contributed by atoms with Crippen LogP contribution in [-0.2, 0) is 0 Å². The van der Waals surface area contributed by atoms with Gasteiger partial charge in [0.15, 0.2) is 0 Å². The Balaban J connectivity index is 0.00000225. The summed E-state index contributed by atoms with van der Waals surface area (Å²) in [5.74, 6) is 2.71. The Kier molecular flexibility index (Phi) is 7.79. The van der Waals surface area contributed by atoms with Crippen molar-refractivity contribution < 1.29 is 21.5 Å². The van der Waals surface area contributed by atoms with Gasteiger partial charge in [-0.1, -0.05) is 0 Å². The summed E-state index contributed by atoms with van der Waals surface area (Å²) in [7, 11) is 4.50. The Bertz CT molecular complexity index is 330. The van der Waals surface area contributed by atoms with Crippen molar-refractivity contribution in [3.05, 3.63) is 30.3 Å². The van der Waals surface area contributed by atoms with E-state index in [1.54, 1.807) is 0 Å². The zero-order valence-corrected chi connectivity index (χ0v) is 13.1. The average Bonchev–Trinajstić information content (AvgIpc) is 2.25. The SMILES string of the molecule is C#CCC[N+](C)(C)C[Se]c1ccccc1.[Br-]. The molecule has 0 amide bonds. The van der Waals surface area contributed by atoms with E-state index in [-0.39, 0.29) is 17.0 Å². The largest absolute Gasteiger partial charge is 1.00 e. The molecule has 0 radical (unpaired) electrons. The van der Waals surface area contributed by atoms with E-state index in [0.29, 0.717) is 15.0 Å². The molecule has 0 saturated carbocycles. The van der Waals surface area contributed by atoms with Gasteiger partial charge in [0.05, 0.1) is 0 Å². The van der Waals surface area contributed by atoms with Crippen LogP contribution in [0, 0.1) is 12.3 Å². The maximum Gasteiger partial charge on any atom is -1.00 e. The van der Waals surface area contributed by atoms with Crippen LogP contribution in [-0.4, -0.2) is 45.5 Å². The smallest absolute Gasteiger partial charge is 1.00 e. The van der Waals surface area contributed by atoms with Crippen LogP contribution in [0.3, 0.4) is 0 Å². The summed E-state index contributed by atoms with van der Waals surface area (Å²) in [4.78, 5) is 0. The molecule has 0 unspecified atom stereocenters. The first-order valence-electron chi connectivity index (χ1n) is 5.07. The van der Waals surface area contributed by atoms with Gasteiger partial charge in [0.25, 0.3) is 0 Å². The predicted molar refractivity (Wildman–Crippen MR) is 67.1 cm³/mol. The maximum atomic E-state index is 5.29. The summed E-state index contributed by atoms with van der Waals surface area (Å²) in [6.45, 7) is 1.07. The van der Waals surface area contributed by atoms with Crippen LogP contribution in [0.4, 0.5) is 0 Å². The summed E-state index contributed by atoms with van der Waals surface area (Å²) in [5.41, 5.74) is 1.21. The molecule has 0 spiro atoms. The number of hydrogen-bond donors (Lipinski definition) is 0. The molecule has 0 atom stereocenters. The summed E-state index contributed by atoms with van der Waals surface area (Å²) in [5, 5.41) is 0. The topological polar surface area (TPSA) is 0 Å². The molecule has 0 fully saturated rings. The molecule has 0 aliphatic rings. The third kappa shape index (κ3) is 6.35. The summed E-state index contributed by atoms with van der Waals surface area (Å²) in [6, 6.07) is 10.7. The van der Waals surface area contributed by atoms with Crippen molar-refractivity contribution >= 4 is 19.4 Å². The van der Waals surface area contributed by atoms with E-state index >= 15 is 0 Å². The molecule has 1 aromatic carbocycles. The van der Waals surface area contributed by atoms with Crippen LogP contribution in [0.15, 0.2) is 30.3 Å². The third-order valence-electron chi connectivity index (χ3n) is 2.19. The molecule has 0 heterocycles. The number of rotatable bonds is 5. The number of quaternary nitrogens is 1. The van der Waals surface area contributed by atoms with Crippen LogP contribution in [0.2, 0.25) is 0 Å². The van der Waals surface area contributed by atoms with Gasteiger partial charge in [-0.05, 0) is 0 Å². The van der Waals surface area contributed by atoms with E-state index < -0.39 is 0 Å². The van der Waals surface area contributed by atoms with Crippen LogP contribution >= 0.6 is 0 Å². The first-order chi connectivity index (χ1) is 7.14. The Hall–Kier alpha value is -0.261. The van der Waals surface area contributed by atoms with Crippen molar-refractivity contribution in [1.82, 2.24) is 0 Å². The molecule has 0 aromatic heterocycles. The van der Waals surface area contributed by atoms with Crippen molar-refractivity contribution in [2.75, 3.05) is 26.1 Å². The first kappa shape index (κ1) is 15.7. The minimum atomic E-state index is 0. The molecule has 0 aliphatic carbocycles. The molecule has 88 valence electrons. The van der Waals surface area contributed by atoms with Gasteiger partial charge in [-0.25, -0.2) is 0 Å². The van der Waals surface area contributed by atoms with Crippen LogP contribution in [0.1, 0.15) is 6.42 Å². The molecule has 0 bridgehead atoms. The van der Waals surface area contributed by atoms with Crippen molar-refractivity contribution in [2.24, 2.45) is 0 Å². The van der Waals surface area contributed by atoms with Gasteiger partial charge in [0, 0.05) is 0 Å². The zero-order valence-electron chi connectivity index (χ0n) is 9.82. The predicted octanol–water partition coefficient (Wildman–Crippen LogP) is -1.92. The second-order valence-electron chi connectivity index (χ2n) is 4.20. The van der Waals surface area contributed by atoms with Crippen molar-refractivity contribution in [2.45, 2.75) is 6.42 Å². The molecule has 1 nitrogen and oxygen atoms in total. The van der Waals surface area contributed by atoms with E-state index in [1.165, 1.54) is 9.91 Å². The van der Waals surface area contributed by atoms with Gasteiger partial charge < -0.3 is 17.0 Å². The van der Waals surface area contributed by atoms with Crippen LogP contribution in [0.5, 0.6) is 0 Å². The third-order valence-corrected chi connectivity index (χ3v) is 5.19. The van der Waals surface area contributed by atoms with Gasteiger partial charge in [0.2, 0.25) is 0 Å². The Morgan fingerprint density at radius 3 is 2.44 bits per heavy atom. The monoisotopic (exact) mass is 347 g/mol. The second-order valence-corrected chi connectivity index (χ2v) is 6.34. The fourth-order valence-corrected chi connectivity index (χ4v) is 3.25. The second kappa shape index (κ2) is 7.92. The van der Waals surface area contributed by atoms with Crippen molar-refractivity contribution in [3.8, 4) is 12.3 Å². The number of terminal acetylenes is 1. The first-order valence-corrected chi connectivity index (χ1v) is 7.14. The maximum absolute atomic E-state index is 5.29. The van der Waals surface area contributed by atoms with Crippen LogP contribution in [0.25, 0.3) is 0 Å². The molecule has 0 N–H and O–H groups in total. The number of halogens is 1. The summed E-state index contributed by atoms with van der Waals surface area (Å²) < 4.78 is 2.50. The van der Waals surface area contributed by atoms with Gasteiger partial charge in [-0.15, -0.1) is 0 Å². The molecule has 3 heteroatoms. The van der Waals surface area contributed by atoms with E-state index in [0.717, 1.165) is 17.4 Å². The van der Waals surface area contributed by atoms with E-state index in [4.69, 9.17) is 6.42 Å². The standard InChI is InChI=1S/C13H18NSe.BrH/c1-4-5-11-14(2,3)12-15-13-9-7-6-8-10-13;/h1,6-10H,5,11-12H2,2-3H3;1H/q+1;/p-1. The van der Waals surface area contributed by atoms with Crippen molar-refractivity contribution in [3.63, 3.8) is 0 Å². The van der Waals surface area contributed by atoms with Gasteiger partial charge in [-0.3, -0.25) is 0 Å².